The van der Waals surface area contributed by atoms with Crippen LogP contribution in [0.1, 0.15) is 65.2 Å². The molecule has 4 heterocycles. The van der Waals surface area contributed by atoms with E-state index in [0.717, 1.165) is 52.8 Å². The van der Waals surface area contributed by atoms with Gasteiger partial charge in [-0.3, -0.25) is 4.90 Å². The van der Waals surface area contributed by atoms with Crippen molar-refractivity contribution in [1.29, 1.82) is 0 Å². The molecule has 0 aliphatic carbocycles. The Morgan fingerprint density at radius 1 is 0.849 bits per heavy atom. The van der Waals surface area contributed by atoms with Gasteiger partial charge < -0.3 is 42.8 Å². The standard InChI is InChI=1S/C43H50N2O8/c1-8-9-33(43(46)47)45(3)19-17-28-23-36(49-5)38-25-31(28)34(45)21-26-10-13-30(14-11-26)52-37-22-27(12-15-35(37)48-4)20-32-40-29(16-18-44(32)2)24-39(50-6)41(51-7)42(40)53-38/h10-15,22-25,32-34H,8-9,16-21H2,1-7H3. The molecule has 4 atom stereocenters. The molecule has 0 aromatic heterocycles. The van der Waals surface area contributed by atoms with Crippen molar-refractivity contribution in [3.8, 4) is 46.0 Å². The molecule has 0 radical (unpaired) electrons. The van der Waals surface area contributed by atoms with Gasteiger partial charge in [0.2, 0.25) is 5.75 Å². The number of hydrogen-bond donors (Lipinski definition) is 0. The molecule has 10 heteroatoms. The summed E-state index contributed by atoms with van der Waals surface area (Å²) in [6, 6.07) is 19.4. The maximum atomic E-state index is 12.9. The summed E-state index contributed by atoms with van der Waals surface area (Å²) in [5, 5.41) is 12.9. The number of methoxy groups -OCH3 is 4. The van der Waals surface area contributed by atoms with Crippen LogP contribution in [-0.4, -0.2) is 77.0 Å². The van der Waals surface area contributed by atoms with Crippen molar-refractivity contribution in [3.05, 3.63) is 94.0 Å². The lowest BCUT2D eigenvalue weighted by molar-refractivity contribution is -0.958. The summed E-state index contributed by atoms with van der Waals surface area (Å²) in [4.78, 5) is 15.2. The molecule has 4 aliphatic rings. The van der Waals surface area contributed by atoms with E-state index in [9.17, 15) is 9.90 Å². The smallest absolute Gasteiger partial charge is 0.204 e. The predicted molar refractivity (Wildman–Crippen MR) is 200 cm³/mol. The number of rotatable bonds is 8. The zero-order chi connectivity index (χ0) is 37.4. The molecule has 280 valence electrons. The number of ether oxygens (including phenoxy) is 6. The fourth-order valence-corrected chi connectivity index (χ4v) is 8.77. The summed E-state index contributed by atoms with van der Waals surface area (Å²) in [6.07, 6.45) is 3.98. The molecule has 4 aromatic carbocycles. The first-order chi connectivity index (χ1) is 25.6. The third-order valence-corrected chi connectivity index (χ3v) is 11.7. The molecule has 6 bridgehead atoms. The Kier molecular flexibility index (Phi) is 10.2. The van der Waals surface area contributed by atoms with Gasteiger partial charge in [-0.25, -0.2) is 0 Å². The zero-order valence-corrected chi connectivity index (χ0v) is 31.8. The van der Waals surface area contributed by atoms with E-state index in [-0.39, 0.29) is 12.1 Å². The van der Waals surface area contributed by atoms with E-state index >= 15 is 0 Å². The van der Waals surface area contributed by atoms with Gasteiger partial charge in [0.15, 0.2) is 34.5 Å². The largest absolute Gasteiger partial charge is 0.544 e. The third kappa shape index (κ3) is 6.63. The highest BCUT2D eigenvalue weighted by molar-refractivity contribution is 5.70. The Balaban J connectivity index is 1.49. The maximum Gasteiger partial charge on any atom is 0.204 e. The Hall–Kier alpha value is -4.93. The van der Waals surface area contributed by atoms with Crippen LogP contribution in [0.3, 0.4) is 0 Å². The summed E-state index contributed by atoms with van der Waals surface area (Å²) in [7, 11) is 10.8. The monoisotopic (exact) mass is 722 g/mol. The van der Waals surface area contributed by atoms with Crippen LogP contribution in [0, 0.1) is 0 Å². The minimum absolute atomic E-state index is 0.0813. The number of hydrogen-bond acceptors (Lipinski definition) is 9. The average molecular weight is 723 g/mol. The lowest BCUT2D eigenvalue weighted by Gasteiger charge is -2.51. The summed E-state index contributed by atoms with van der Waals surface area (Å²) in [5.74, 6) is 3.70. The van der Waals surface area contributed by atoms with E-state index in [0.29, 0.717) is 82.7 Å². The Labute approximate surface area is 312 Å². The van der Waals surface area contributed by atoms with Gasteiger partial charge in [0.05, 0.1) is 48.0 Å². The first-order valence-electron chi connectivity index (χ1n) is 18.5. The van der Waals surface area contributed by atoms with Crippen LogP contribution in [0.5, 0.6) is 46.0 Å². The normalized spacial score (nSPS) is 21.2. The number of carbonyl (C=O) groups excluding carboxylic acids is 1. The van der Waals surface area contributed by atoms with E-state index in [1.165, 1.54) is 0 Å². The maximum absolute atomic E-state index is 12.9. The van der Waals surface area contributed by atoms with Crippen LogP contribution in [0.4, 0.5) is 0 Å². The first kappa shape index (κ1) is 36.4. The van der Waals surface area contributed by atoms with Crippen molar-refractivity contribution in [2.24, 2.45) is 0 Å². The van der Waals surface area contributed by atoms with Crippen molar-refractivity contribution in [2.75, 3.05) is 55.6 Å². The number of carboxylic acids is 1. The molecule has 0 N–H and O–H groups in total. The van der Waals surface area contributed by atoms with E-state index in [2.05, 4.69) is 55.4 Å². The molecule has 0 spiro atoms. The zero-order valence-electron chi connectivity index (χ0n) is 31.8. The van der Waals surface area contributed by atoms with Gasteiger partial charge >= 0.3 is 0 Å². The molecule has 53 heavy (non-hydrogen) atoms. The molecule has 10 nitrogen and oxygen atoms in total. The average Bonchev–Trinajstić information content (AvgIpc) is 3.16. The Bertz CT molecular complexity index is 2000. The highest BCUT2D eigenvalue weighted by Gasteiger charge is 2.46. The van der Waals surface area contributed by atoms with Gasteiger partial charge in [0.25, 0.3) is 0 Å². The van der Waals surface area contributed by atoms with Crippen molar-refractivity contribution < 1.29 is 42.8 Å². The van der Waals surface area contributed by atoms with Gasteiger partial charge in [0.1, 0.15) is 17.8 Å². The van der Waals surface area contributed by atoms with E-state index in [1.54, 1.807) is 28.4 Å². The second-order valence-corrected chi connectivity index (χ2v) is 14.7. The molecule has 0 saturated carbocycles. The SMILES string of the molecule is CCCC(C(=O)[O-])[N+]1(C)CCc2cc(OC)c3cc2C1Cc1ccc(cc1)Oc1cc(ccc1OC)CC1c2c(cc(OC)c(OC)c2O3)CCN1C. The molecule has 0 saturated heterocycles. The number of likely N-dealkylation sites (N-methyl/N-ethyl adjacent to an activating group) is 2. The predicted octanol–water partition coefficient (Wildman–Crippen LogP) is 6.60. The summed E-state index contributed by atoms with van der Waals surface area (Å²) < 4.78 is 37.6. The Morgan fingerprint density at radius 2 is 1.55 bits per heavy atom. The fourth-order valence-electron chi connectivity index (χ4n) is 8.77. The highest BCUT2D eigenvalue weighted by Crippen LogP contribution is 2.52. The number of carbonyl (C=O) groups is 1. The van der Waals surface area contributed by atoms with Crippen molar-refractivity contribution in [1.82, 2.24) is 4.90 Å². The number of benzene rings is 4. The van der Waals surface area contributed by atoms with Gasteiger partial charge in [-0.05, 0) is 84.6 Å². The molecule has 4 aromatic rings. The Morgan fingerprint density at radius 3 is 2.23 bits per heavy atom. The molecule has 0 fully saturated rings. The number of carboxylic acid groups (broad SMARTS) is 1. The van der Waals surface area contributed by atoms with E-state index < -0.39 is 12.0 Å². The van der Waals surface area contributed by atoms with E-state index in [4.69, 9.17) is 28.4 Å². The molecular formula is C43H50N2O8. The summed E-state index contributed by atoms with van der Waals surface area (Å²) in [6.45, 7) is 3.51. The van der Waals surface area contributed by atoms with Crippen LogP contribution >= 0.6 is 0 Å². The topological polar surface area (TPSA) is 98.8 Å². The summed E-state index contributed by atoms with van der Waals surface area (Å²) in [5.41, 5.74) is 6.41. The van der Waals surface area contributed by atoms with Gasteiger partial charge in [-0.2, -0.15) is 0 Å². The van der Waals surface area contributed by atoms with Crippen molar-refractivity contribution in [2.45, 2.75) is 63.6 Å². The lowest BCUT2D eigenvalue weighted by Crippen LogP contribution is -2.63. The molecule has 4 unspecified atom stereocenters. The molecule has 8 rings (SSSR count). The van der Waals surface area contributed by atoms with Gasteiger partial charge in [0, 0.05) is 43.0 Å². The van der Waals surface area contributed by atoms with Gasteiger partial charge in [-0.15, -0.1) is 0 Å². The lowest BCUT2D eigenvalue weighted by atomic mass is 9.84. The minimum Gasteiger partial charge on any atom is -0.544 e. The van der Waals surface area contributed by atoms with Crippen molar-refractivity contribution >= 4 is 5.97 Å². The van der Waals surface area contributed by atoms with Crippen LogP contribution in [0.2, 0.25) is 0 Å². The first-order valence-corrected chi connectivity index (χ1v) is 18.5. The fraction of sp³-hybridized carbons (Fsp3) is 0.419. The molecular weight excluding hydrogens is 672 g/mol. The highest BCUT2D eigenvalue weighted by atomic mass is 16.5. The summed E-state index contributed by atoms with van der Waals surface area (Å²) >= 11 is 0. The van der Waals surface area contributed by atoms with Gasteiger partial charge in [-0.1, -0.05) is 31.5 Å². The number of quaternary nitrogens is 1. The number of fused-ring (bicyclic) bond motifs is 2. The van der Waals surface area contributed by atoms with Crippen LogP contribution < -0.4 is 33.5 Å². The minimum atomic E-state index is -1.02. The van der Waals surface area contributed by atoms with Crippen molar-refractivity contribution in [3.63, 3.8) is 0 Å². The number of aliphatic carboxylic acids is 1. The quantitative estimate of drug-likeness (QED) is 0.187. The second kappa shape index (κ2) is 14.8. The number of nitrogens with zero attached hydrogens (tertiary/aromatic N) is 2. The van der Waals surface area contributed by atoms with Crippen LogP contribution in [0.25, 0.3) is 0 Å². The van der Waals surface area contributed by atoms with E-state index in [1.807, 2.05) is 31.2 Å². The molecule has 0 amide bonds. The third-order valence-electron chi connectivity index (χ3n) is 11.7. The molecule has 4 aliphatic heterocycles. The second-order valence-electron chi connectivity index (χ2n) is 14.7. The van der Waals surface area contributed by atoms with Crippen LogP contribution in [0.15, 0.2) is 60.7 Å². The van der Waals surface area contributed by atoms with Crippen LogP contribution in [-0.2, 0) is 30.5 Å².